The Balaban J connectivity index is 2.71. The van der Waals surface area contributed by atoms with Gasteiger partial charge in [-0.1, -0.05) is 32.5 Å². The Labute approximate surface area is 152 Å². The molecule has 0 aromatic heterocycles. The van der Waals surface area contributed by atoms with E-state index in [0.29, 0.717) is 16.8 Å². The molecule has 1 atom stereocenters. The average molecular weight is 407 g/mol. The van der Waals surface area contributed by atoms with Gasteiger partial charge in [0.05, 0.1) is 11.6 Å². The van der Waals surface area contributed by atoms with Crippen LogP contribution in [0.3, 0.4) is 0 Å². The maximum absolute atomic E-state index is 13.8. The number of rotatable bonds is 3. The van der Waals surface area contributed by atoms with E-state index in [9.17, 15) is 14.2 Å². The van der Waals surface area contributed by atoms with E-state index < -0.39 is 21.9 Å². The van der Waals surface area contributed by atoms with Gasteiger partial charge in [-0.15, -0.1) is 0 Å². The highest BCUT2D eigenvalue weighted by molar-refractivity contribution is 9.10. The molecule has 0 spiro atoms. The van der Waals surface area contributed by atoms with Crippen LogP contribution < -0.4 is 0 Å². The lowest BCUT2D eigenvalue weighted by atomic mass is 9.98. The Morgan fingerprint density at radius 3 is 2.54 bits per heavy atom. The van der Waals surface area contributed by atoms with Gasteiger partial charge in [0, 0.05) is 15.6 Å². The Kier molecular flexibility index (Phi) is 5.81. The van der Waals surface area contributed by atoms with Gasteiger partial charge in [0.25, 0.3) is 0 Å². The first-order valence-corrected chi connectivity index (χ1v) is 9.09. The Morgan fingerprint density at radius 2 is 1.96 bits per heavy atom. The van der Waals surface area contributed by atoms with E-state index in [-0.39, 0.29) is 5.56 Å². The Bertz CT molecular complexity index is 824. The minimum Gasteiger partial charge on any atom is -0.591 e. The van der Waals surface area contributed by atoms with Gasteiger partial charge in [0.1, 0.15) is 27.6 Å². The van der Waals surface area contributed by atoms with Gasteiger partial charge in [0.2, 0.25) is 0 Å². The molecule has 2 aromatic carbocycles. The van der Waals surface area contributed by atoms with Crippen molar-refractivity contribution in [3.05, 3.63) is 69.4 Å². The summed E-state index contributed by atoms with van der Waals surface area (Å²) in [7, 11) is 0. The molecule has 3 nitrogen and oxygen atoms in total. The molecule has 24 heavy (non-hydrogen) atoms. The van der Waals surface area contributed by atoms with E-state index in [1.807, 2.05) is 32.9 Å². The molecule has 0 N–H and O–H groups in total. The monoisotopic (exact) mass is 406 g/mol. The maximum atomic E-state index is 13.8. The first kappa shape index (κ1) is 18.7. The Morgan fingerprint density at radius 1 is 1.25 bits per heavy atom. The third kappa shape index (κ3) is 4.44. The number of hydrogen-bond acceptors (Lipinski definition) is 3. The first-order valence-electron chi connectivity index (χ1n) is 7.19. The summed E-state index contributed by atoms with van der Waals surface area (Å²) in [4.78, 5) is 0. The lowest BCUT2D eigenvalue weighted by Gasteiger charge is -2.20. The summed E-state index contributed by atoms with van der Waals surface area (Å²) in [6.45, 7) is 5.42. The Hall–Kier alpha value is -1.68. The van der Waals surface area contributed by atoms with Crippen LogP contribution in [-0.2, 0) is 11.4 Å². The van der Waals surface area contributed by atoms with E-state index in [1.165, 1.54) is 18.2 Å². The van der Waals surface area contributed by atoms with E-state index in [2.05, 4.69) is 20.3 Å². The maximum Gasteiger partial charge on any atom is 0.144 e. The third-order valence-electron chi connectivity index (χ3n) is 3.15. The van der Waals surface area contributed by atoms with E-state index >= 15 is 0 Å². The molecule has 0 aliphatic carbocycles. The minimum atomic E-state index is -1.55. The fraction of sp³-hybridized carbons (Fsp3) is 0.222. The predicted octanol–water partition coefficient (Wildman–Crippen LogP) is 4.76. The van der Waals surface area contributed by atoms with Crippen molar-refractivity contribution in [2.45, 2.75) is 25.5 Å². The van der Waals surface area contributed by atoms with Crippen LogP contribution in [0.15, 0.2) is 51.3 Å². The lowest BCUT2D eigenvalue weighted by molar-refractivity contribution is 0.561. The highest BCUT2D eigenvalue weighted by atomic mass is 79.9. The summed E-state index contributed by atoms with van der Waals surface area (Å²) >= 11 is 1.84. The first-order chi connectivity index (χ1) is 11.2. The molecule has 0 bridgehead atoms. The molecule has 0 aliphatic rings. The zero-order valence-corrected chi connectivity index (χ0v) is 15.9. The molecule has 0 radical (unpaired) electrons. The zero-order chi connectivity index (χ0) is 17.9. The van der Waals surface area contributed by atoms with Crippen LogP contribution in [0.2, 0.25) is 0 Å². The molecular formula is C18H16BrFN2OS. The number of benzene rings is 2. The second-order valence-corrected chi connectivity index (χ2v) is 8.93. The number of halogens is 2. The standard InChI is InChI=1S/C18H16BrFN2OS/c1-18(2,3)24(23)22-17(12-5-4-6-14(19)9-12)16-10-15(20)8-7-13(16)11-21/h4-10H,1-3H3/b22-17+. The van der Waals surface area contributed by atoms with Gasteiger partial charge < -0.3 is 4.55 Å². The molecule has 1 unspecified atom stereocenters. The van der Waals surface area contributed by atoms with Crippen LogP contribution in [0, 0.1) is 17.1 Å². The molecule has 0 amide bonds. The SMILES string of the molecule is CC(C)(C)[S+]([O-])/N=C(\c1cccc(Br)c1)c1cc(F)ccc1C#N. The largest absolute Gasteiger partial charge is 0.591 e. The second kappa shape index (κ2) is 7.47. The molecule has 0 fully saturated rings. The fourth-order valence-corrected chi connectivity index (χ4v) is 2.97. The topological polar surface area (TPSA) is 59.2 Å². The summed E-state index contributed by atoms with van der Waals surface area (Å²) < 4.78 is 30.9. The van der Waals surface area contributed by atoms with Gasteiger partial charge in [-0.25, -0.2) is 4.39 Å². The van der Waals surface area contributed by atoms with Crippen molar-refractivity contribution in [1.82, 2.24) is 0 Å². The van der Waals surface area contributed by atoms with Crippen molar-refractivity contribution in [2.75, 3.05) is 0 Å². The van der Waals surface area contributed by atoms with Gasteiger partial charge in [-0.2, -0.15) is 5.26 Å². The van der Waals surface area contributed by atoms with Crippen molar-refractivity contribution in [3.63, 3.8) is 0 Å². The summed E-state index contributed by atoms with van der Waals surface area (Å²) in [5, 5.41) is 9.34. The summed E-state index contributed by atoms with van der Waals surface area (Å²) in [5.41, 5.74) is 1.60. The minimum absolute atomic E-state index is 0.279. The van der Waals surface area contributed by atoms with E-state index in [0.717, 1.165) is 4.47 Å². The average Bonchev–Trinajstić information content (AvgIpc) is 2.51. The normalized spacial score (nSPS) is 13.5. The molecule has 2 rings (SSSR count). The summed E-state index contributed by atoms with van der Waals surface area (Å²) in [5.74, 6) is -0.478. The molecule has 124 valence electrons. The van der Waals surface area contributed by atoms with Crippen LogP contribution in [0.25, 0.3) is 0 Å². The van der Waals surface area contributed by atoms with Crippen LogP contribution in [0.5, 0.6) is 0 Å². The van der Waals surface area contributed by atoms with Crippen molar-refractivity contribution in [2.24, 2.45) is 4.40 Å². The van der Waals surface area contributed by atoms with Crippen LogP contribution in [0.4, 0.5) is 4.39 Å². The molecule has 2 aromatic rings. The van der Waals surface area contributed by atoms with Crippen molar-refractivity contribution >= 4 is 33.0 Å². The smallest absolute Gasteiger partial charge is 0.144 e. The van der Waals surface area contributed by atoms with Gasteiger partial charge in [-0.3, -0.25) is 0 Å². The quantitative estimate of drug-likeness (QED) is 0.544. The molecule has 6 heteroatoms. The molecular weight excluding hydrogens is 391 g/mol. The van der Waals surface area contributed by atoms with E-state index in [1.54, 1.807) is 18.2 Å². The molecule has 0 heterocycles. The number of nitriles is 1. The molecule has 0 saturated heterocycles. The van der Waals surface area contributed by atoms with Crippen molar-refractivity contribution in [3.8, 4) is 6.07 Å². The van der Waals surface area contributed by atoms with Crippen molar-refractivity contribution < 1.29 is 8.94 Å². The van der Waals surface area contributed by atoms with E-state index in [4.69, 9.17) is 0 Å². The van der Waals surface area contributed by atoms with Gasteiger partial charge in [0.15, 0.2) is 0 Å². The summed E-state index contributed by atoms with van der Waals surface area (Å²) in [6, 6.07) is 13.1. The predicted molar refractivity (Wildman–Crippen MR) is 98.8 cm³/mol. The lowest BCUT2D eigenvalue weighted by Crippen LogP contribution is -2.27. The van der Waals surface area contributed by atoms with Crippen LogP contribution >= 0.6 is 15.9 Å². The molecule has 0 aliphatic heterocycles. The van der Waals surface area contributed by atoms with Gasteiger partial charge in [-0.05, 0) is 51.1 Å². The summed E-state index contributed by atoms with van der Waals surface area (Å²) in [6.07, 6.45) is 0. The number of nitrogens with zero attached hydrogens (tertiary/aromatic N) is 2. The zero-order valence-electron chi connectivity index (χ0n) is 13.5. The highest BCUT2D eigenvalue weighted by Crippen LogP contribution is 2.24. The molecule has 0 saturated carbocycles. The highest BCUT2D eigenvalue weighted by Gasteiger charge is 2.28. The fourth-order valence-electron chi connectivity index (χ4n) is 1.92. The second-order valence-electron chi connectivity index (χ2n) is 6.11. The van der Waals surface area contributed by atoms with Gasteiger partial charge >= 0.3 is 0 Å². The number of hydrogen-bond donors (Lipinski definition) is 0. The van der Waals surface area contributed by atoms with Crippen LogP contribution in [0.1, 0.15) is 37.5 Å². The third-order valence-corrected chi connectivity index (χ3v) is 5.04. The van der Waals surface area contributed by atoms with Crippen LogP contribution in [-0.4, -0.2) is 15.0 Å². The van der Waals surface area contributed by atoms with Crippen molar-refractivity contribution in [1.29, 1.82) is 5.26 Å².